The average Bonchev–Trinajstić information content (AvgIpc) is 2.41. The Balaban J connectivity index is 2.28. The van der Waals surface area contributed by atoms with Gasteiger partial charge in [0.2, 0.25) is 0 Å². The Morgan fingerprint density at radius 1 is 1.54 bits per heavy atom. The van der Waals surface area contributed by atoms with Gasteiger partial charge in [0.25, 0.3) is 0 Å². The van der Waals surface area contributed by atoms with Crippen LogP contribution in [-0.4, -0.2) is 17.9 Å². The number of aliphatic hydroxyl groups excluding tert-OH is 1. The summed E-state index contributed by atoms with van der Waals surface area (Å²) in [5, 5.41) is 12.6. The molecule has 0 heterocycles. The van der Waals surface area contributed by atoms with Gasteiger partial charge in [-0.1, -0.05) is 27.2 Å². The van der Waals surface area contributed by atoms with E-state index in [1.807, 2.05) is 6.92 Å². The summed E-state index contributed by atoms with van der Waals surface area (Å²) in [5.41, 5.74) is 0.473. The fourth-order valence-corrected chi connectivity index (χ4v) is 2.20. The summed E-state index contributed by atoms with van der Waals surface area (Å²) in [7, 11) is 0. The first-order valence-electron chi connectivity index (χ1n) is 5.47. The number of nitrogens with one attached hydrogen (secondary N) is 1. The number of hydrogen-bond donors (Lipinski definition) is 2. The van der Waals surface area contributed by atoms with Gasteiger partial charge in [0, 0.05) is 6.54 Å². The summed E-state index contributed by atoms with van der Waals surface area (Å²) >= 11 is 0. The second kappa shape index (κ2) is 4.43. The number of aliphatic hydroxyl groups is 1. The third-order valence-electron chi connectivity index (χ3n) is 3.47. The Hall–Kier alpha value is -0.0800. The lowest BCUT2D eigenvalue weighted by Gasteiger charge is -2.28. The van der Waals surface area contributed by atoms with E-state index in [1.54, 1.807) is 0 Å². The molecule has 1 rings (SSSR count). The molecule has 0 aliphatic heterocycles. The predicted octanol–water partition coefficient (Wildman–Crippen LogP) is 2.13. The van der Waals surface area contributed by atoms with Crippen molar-refractivity contribution in [2.75, 3.05) is 6.54 Å². The van der Waals surface area contributed by atoms with Crippen LogP contribution >= 0.6 is 0 Å². The summed E-state index contributed by atoms with van der Waals surface area (Å²) in [6.07, 6.45) is 4.49. The van der Waals surface area contributed by atoms with Crippen LogP contribution < -0.4 is 5.32 Å². The molecular formula is C11H23NO. The van der Waals surface area contributed by atoms with Gasteiger partial charge in [-0.15, -0.1) is 0 Å². The lowest BCUT2D eigenvalue weighted by molar-refractivity contribution is 0.116. The number of hydrogen-bond acceptors (Lipinski definition) is 2. The van der Waals surface area contributed by atoms with Gasteiger partial charge in [0.05, 0.1) is 0 Å². The van der Waals surface area contributed by atoms with Gasteiger partial charge >= 0.3 is 0 Å². The van der Waals surface area contributed by atoms with Gasteiger partial charge in [-0.05, 0) is 30.6 Å². The SMILES string of the molecule is CCC(O)NCC1CCCC1(C)C. The highest BCUT2D eigenvalue weighted by molar-refractivity contribution is 4.86. The zero-order chi connectivity index (χ0) is 9.90. The first-order valence-corrected chi connectivity index (χ1v) is 5.47. The van der Waals surface area contributed by atoms with E-state index in [0.717, 1.165) is 18.9 Å². The van der Waals surface area contributed by atoms with Gasteiger partial charge in [-0.25, -0.2) is 0 Å². The molecule has 1 aliphatic rings. The third-order valence-corrected chi connectivity index (χ3v) is 3.47. The van der Waals surface area contributed by atoms with Crippen molar-refractivity contribution in [2.24, 2.45) is 11.3 Å². The van der Waals surface area contributed by atoms with Crippen LogP contribution in [0.15, 0.2) is 0 Å². The first-order chi connectivity index (χ1) is 6.06. The minimum Gasteiger partial charge on any atom is -0.379 e. The van der Waals surface area contributed by atoms with Crippen molar-refractivity contribution >= 4 is 0 Å². The second-order valence-corrected chi connectivity index (χ2v) is 4.91. The molecule has 78 valence electrons. The van der Waals surface area contributed by atoms with Crippen LogP contribution in [0.2, 0.25) is 0 Å². The van der Waals surface area contributed by atoms with Gasteiger partial charge in [-0.3, -0.25) is 5.32 Å². The van der Waals surface area contributed by atoms with Crippen molar-refractivity contribution in [3.05, 3.63) is 0 Å². The Morgan fingerprint density at radius 3 is 2.69 bits per heavy atom. The first kappa shape index (κ1) is 11.0. The molecule has 1 saturated carbocycles. The van der Waals surface area contributed by atoms with E-state index in [-0.39, 0.29) is 6.23 Å². The van der Waals surface area contributed by atoms with Crippen LogP contribution in [0.4, 0.5) is 0 Å². The Kier molecular flexibility index (Phi) is 3.74. The molecule has 0 aromatic carbocycles. The van der Waals surface area contributed by atoms with Gasteiger partial charge in [-0.2, -0.15) is 0 Å². The van der Waals surface area contributed by atoms with Gasteiger partial charge < -0.3 is 5.11 Å². The average molecular weight is 185 g/mol. The Labute approximate surface area is 81.7 Å². The predicted molar refractivity (Wildman–Crippen MR) is 55.4 cm³/mol. The molecule has 2 unspecified atom stereocenters. The van der Waals surface area contributed by atoms with Crippen LogP contribution in [0.3, 0.4) is 0 Å². The monoisotopic (exact) mass is 185 g/mol. The lowest BCUT2D eigenvalue weighted by atomic mass is 9.82. The minimum absolute atomic E-state index is 0.309. The topological polar surface area (TPSA) is 32.3 Å². The van der Waals surface area contributed by atoms with Crippen molar-refractivity contribution in [1.82, 2.24) is 5.32 Å². The van der Waals surface area contributed by atoms with Crippen molar-refractivity contribution in [2.45, 2.75) is 52.7 Å². The van der Waals surface area contributed by atoms with Gasteiger partial charge in [0.1, 0.15) is 6.23 Å². The minimum atomic E-state index is -0.309. The largest absolute Gasteiger partial charge is 0.379 e. The Bertz CT molecular complexity index is 156. The summed E-state index contributed by atoms with van der Waals surface area (Å²) in [5.74, 6) is 0.744. The molecule has 0 bridgehead atoms. The molecule has 2 nitrogen and oxygen atoms in total. The molecule has 2 N–H and O–H groups in total. The summed E-state index contributed by atoms with van der Waals surface area (Å²) in [6.45, 7) is 7.65. The van der Waals surface area contributed by atoms with E-state index in [4.69, 9.17) is 0 Å². The van der Waals surface area contributed by atoms with Crippen molar-refractivity contribution in [3.8, 4) is 0 Å². The quantitative estimate of drug-likeness (QED) is 0.658. The van der Waals surface area contributed by atoms with Crippen LogP contribution in [0, 0.1) is 11.3 Å². The van der Waals surface area contributed by atoms with E-state index in [2.05, 4.69) is 19.2 Å². The van der Waals surface area contributed by atoms with E-state index < -0.39 is 0 Å². The van der Waals surface area contributed by atoms with Gasteiger partial charge in [0.15, 0.2) is 0 Å². The maximum absolute atomic E-state index is 9.38. The molecule has 0 saturated heterocycles. The molecule has 0 aromatic heterocycles. The van der Waals surface area contributed by atoms with Crippen LogP contribution in [0.1, 0.15) is 46.5 Å². The fraction of sp³-hybridized carbons (Fsp3) is 1.00. The smallest absolute Gasteiger partial charge is 0.104 e. The highest BCUT2D eigenvalue weighted by Gasteiger charge is 2.33. The lowest BCUT2D eigenvalue weighted by Crippen LogP contribution is -2.36. The van der Waals surface area contributed by atoms with Crippen molar-refractivity contribution < 1.29 is 5.11 Å². The molecule has 1 fully saturated rings. The van der Waals surface area contributed by atoms with E-state index in [0.29, 0.717) is 5.41 Å². The highest BCUT2D eigenvalue weighted by atomic mass is 16.3. The molecule has 13 heavy (non-hydrogen) atoms. The normalized spacial score (nSPS) is 29.1. The van der Waals surface area contributed by atoms with Crippen molar-refractivity contribution in [3.63, 3.8) is 0 Å². The van der Waals surface area contributed by atoms with E-state index in [1.165, 1.54) is 19.3 Å². The maximum Gasteiger partial charge on any atom is 0.104 e. The Morgan fingerprint density at radius 2 is 2.23 bits per heavy atom. The van der Waals surface area contributed by atoms with E-state index >= 15 is 0 Å². The summed E-state index contributed by atoms with van der Waals surface area (Å²) < 4.78 is 0. The summed E-state index contributed by atoms with van der Waals surface area (Å²) in [4.78, 5) is 0. The highest BCUT2D eigenvalue weighted by Crippen LogP contribution is 2.41. The third kappa shape index (κ3) is 2.96. The zero-order valence-electron chi connectivity index (χ0n) is 9.14. The molecule has 0 radical (unpaired) electrons. The zero-order valence-corrected chi connectivity index (χ0v) is 9.14. The van der Waals surface area contributed by atoms with Crippen molar-refractivity contribution in [1.29, 1.82) is 0 Å². The van der Waals surface area contributed by atoms with Crippen LogP contribution in [0.25, 0.3) is 0 Å². The summed E-state index contributed by atoms with van der Waals surface area (Å²) in [6, 6.07) is 0. The molecular weight excluding hydrogens is 162 g/mol. The fourth-order valence-electron chi connectivity index (χ4n) is 2.20. The van der Waals surface area contributed by atoms with Crippen LogP contribution in [-0.2, 0) is 0 Å². The molecule has 2 atom stereocenters. The molecule has 0 spiro atoms. The molecule has 1 aliphatic carbocycles. The number of rotatable bonds is 4. The maximum atomic E-state index is 9.38. The van der Waals surface area contributed by atoms with Crippen LogP contribution in [0.5, 0.6) is 0 Å². The standard InChI is InChI=1S/C11H23NO/c1-4-10(13)12-8-9-6-5-7-11(9,2)3/h9-10,12-13H,4-8H2,1-3H3. The molecule has 0 aromatic rings. The molecule has 2 heteroatoms. The molecule has 0 amide bonds. The van der Waals surface area contributed by atoms with E-state index in [9.17, 15) is 5.11 Å². The second-order valence-electron chi connectivity index (χ2n) is 4.91.